The van der Waals surface area contributed by atoms with Crippen LogP contribution in [0.15, 0.2) is 24.3 Å². The first-order chi connectivity index (χ1) is 6.87. The van der Waals surface area contributed by atoms with E-state index in [1.54, 1.807) is 20.8 Å². The second-order valence-electron chi connectivity index (χ2n) is 4.15. The van der Waals surface area contributed by atoms with Crippen molar-refractivity contribution in [1.82, 2.24) is 0 Å². The van der Waals surface area contributed by atoms with Crippen molar-refractivity contribution in [2.24, 2.45) is 0 Å². The summed E-state index contributed by atoms with van der Waals surface area (Å²) in [7, 11) is 0. The van der Waals surface area contributed by atoms with Crippen LogP contribution in [0.5, 0.6) is 5.75 Å². The maximum Gasteiger partial charge on any atom is 0.412 e. The van der Waals surface area contributed by atoms with E-state index in [2.05, 4.69) is 5.32 Å². The van der Waals surface area contributed by atoms with E-state index in [1.807, 2.05) is 0 Å². The zero-order chi connectivity index (χ0) is 11.5. The van der Waals surface area contributed by atoms with Crippen molar-refractivity contribution >= 4 is 11.8 Å². The zero-order valence-corrected chi connectivity index (χ0v) is 9.03. The van der Waals surface area contributed by atoms with Gasteiger partial charge in [-0.05, 0) is 45.0 Å². The van der Waals surface area contributed by atoms with E-state index in [9.17, 15) is 9.90 Å². The first-order valence-corrected chi connectivity index (χ1v) is 4.64. The van der Waals surface area contributed by atoms with Gasteiger partial charge in [-0.15, -0.1) is 0 Å². The lowest BCUT2D eigenvalue weighted by Gasteiger charge is -2.19. The average Bonchev–Trinajstić information content (AvgIpc) is 2.05. The molecule has 1 amide bonds. The monoisotopic (exact) mass is 208 g/mol. The van der Waals surface area contributed by atoms with E-state index >= 15 is 0 Å². The lowest BCUT2D eigenvalue weighted by Crippen LogP contribution is -2.27. The van der Waals surface area contributed by atoms with Gasteiger partial charge in [0.2, 0.25) is 0 Å². The van der Waals surface area contributed by atoms with Crippen LogP contribution in [-0.4, -0.2) is 11.7 Å². The lowest BCUT2D eigenvalue weighted by atomic mass is 10.2. The van der Waals surface area contributed by atoms with Gasteiger partial charge in [-0.2, -0.15) is 0 Å². The number of hydrogen-bond donors (Lipinski definition) is 1. The van der Waals surface area contributed by atoms with Crippen LogP contribution in [0.25, 0.3) is 0 Å². The molecule has 4 heteroatoms. The normalized spacial score (nSPS) is 10.9. The molecule has 4 nitrogen and oxygen atoms in total. The van der Waals surface area contributed by atoms with Crippen molar-refractivity contribution in [3.8, 4) is 5.75 Å². The molecule has 0 aliphatic rings. The van der Waals surface area contributed by atoms with Gasteiger partial charge < -0.3 is 4.74 Å². The fraction of sp³-hybridized carbons (Fsp3) is 0.364. The van der Waals surface area contributed by atoms with E-state index in [-0.39, 0.29) is 5.75 Å². The molecule has 1 aromatic carbocycles. The molecule has 0 spiro atoms. The lowest BCUT2D eigenvalue weighted by molar-refractivity contribution is 0.0636. The molecule has 0 bridgehead atoms. The molecule has 0 aliphatic carbocycles. The van der Waals surface area contributed by atoms with Crippen LogP contribution in [0, 0.1) is 0 Å². The van der Waals surface area contributed by atoms with E-state index in [0.29, 0.717) is 5.69 Å². The molecule has 0 fully saturated rings. The highest BCUT2D eigenvalue weighted by Gasteiger charge is 2.15. The Bertz CT molecular complexity index is 338. The van der Waals surface area contributed by atoms with Crippen LogP contribution in [-0.2, 0) is 9.84 Å². The highest BCUT2D eigenvalue weighted by Crippen LogP contribution is 2.15. The smallest absolute Gasteiger partial charge is 0.412 e. The van der Waals surface area contributed by atoms with Crippen molar-refractivity contribution in [3.05, 3.63) is 24.3 Å². The summed E-state index contributed by atoms with van der Waals surface area (Å²) in [5.41, 5.74) is 0.0200. The fourth-order valence-electron chi connectivity index (χ4n) is 0.960. The number of anilines is 1. The van der Waals surface area contributed by atoms with E-state index in [4.69, 9.17) is 4.74 Å². The summed E-state index contributed by atoms with van der Waals surface area (Å²) in [6.45, 7) is 5.36. The molecule has 0 unspecified atom stereocenters. The molecule has 0 aromatic heterocycles. The molecule has 1 N–H and O–H groups in total. The van der Waals surface area contributed by atoms with E-state index in [1.165, 1.54) is 24.3 Å². The van der Waals surface area contributed by atoms with Gasteiger partial charge in [0.15, 0.2) is 5.75 Å². The van der Waals surface area contributed by atoms with Crippen molar-refractivity contribution < 1.29 is 14.6 Å². The summed E-state index contributed by atoms with van der Waals surface area (Å²) in [6.07, 6.45) is -0.527. The number of carbonyl (C=O) groups excluding carboxylic acids is 1. The number of rotatable bonds is 1. The Morgan fingerprint density at radius 1 is 1.20 bits per heavy atom. The van der Waals surface area contributed by atoms with E-state index in [0.717, 1.165) is 0 Å². The van der Waals surface area contributed by atoms with E-state index < -0.39 is 11.7 Å². The number of hydrogen-bond acceptors (Lipinski definition) is 2. The second-order valence-corrected chi connectivity index (χ2v) is 4.15. The summed E-state index contributed by atoms with van der Waals surface area (Å²) >= 11 is 0. The predicted molar refractivity (Wildman–Crippen MR) is 56.4 cm³/mol. The highest BCUT2D eigenvalue weighted by atomic mass is 16.6. The Balaban J connectivity index is 2.55. The SMILES string of the molecule is CC(C)(C)OC(=O)Nc1ccc([O])cc1. The number of ether oxygens (including phenoxy) is 1. The number of nitrogens with one attached hydrogen (secondary N) is 1. The van der Waals surface area contributed by atoms with Gasteiger partial charge in [0.25, 0.3) is 0 Å². The quantitative estimate of drug-likeness (QED) is 0.770. The summed E-state index contributed by atoms with van der Waals surface area (Å²) < 4.78 is 5.04. The van der Waals surface area contributed by atoms with Crippen LogP contribution < -0.4 is 5.32 Å². The number of benzene rings is 1. The third-order valence-electron chi connectivity index (χ3n) is 1.50. The van der Waals surface area contributed by atoms with Crippen LogP contribution in [0.4, 0.5) is 10.5 Å². The molecular formula is C11H14NO3. The minimum atomic E-state index is -0.527. The number of carbonyl (C=O) groups is 1. The van der Waals surface area contributed by atoms with Crippen LogP contribution in [0.1, 0.15) is 20.8 Å². The van der Waals surface area contributed by atoms with Crippen molar-refractivity contribution in [2.75, 3.05) is 5.32 Å². The standard InChI is InChI=1S/C11H14NO3/c1-11(2,3)15-10(14)12-8-4-6-9(13)7-5-8/h4-7H,1-3H3,(H,12,14). The maximum absolute atomic E-state index is 11.3. The molecule has 1 aromatic rings. The van der Waals surface area contributed by atoms with Crippen LogP contribution in [0.2, 0.25) is 0 Å². The Kier molecular flexibility index (Phi) is 3.19. The maximum atomic E-state index is 11.3. The van der Waals surface area contributed by atoms with Crippen molar-refractivity contribution in [3.63, 3.8) is 0 Å². The second kappa shape index (κ2) is 4.21. The summed E-state index contributed by atoms with van der Waals surface area (Å²) in [6, 6.07) is 5.83. The summed E-state index contributed by atoms with van der Waals surface area (Å²) in [5.74, 6) is -0.0928. The molecule has 0 saturated carbocycles. The molecule has 0 aliphatic heterocycles. The molecule has 0 heterocycles. The first kappa shape index (κ1) is 11.4. The third-order valence-corrected chi connectivity index (χ3v) is 1.50. The topological polar surface area (TPSA) is 58.2 Å². The summed E-state index contributed by atoms with van der Waals surface area (Å²) in [5, 5.41) is 13.3. The highest BCUT2D eigenvalue weighted by molar-refractivity contribution is 5.84. The molecule has 0 saturated heterocycles. The van der Waals surface area contributed by atoms with Crippen molar-refractivity contribution in [1.29, 1.82) is 0 Å². The summed E-state index contributed by atoms with van der Waals surface area (Å²) in [4.78, 5) is 11.3. The molecule has 0 atom stereocenters. The van der Waals surface area contributed by atoms with Gasteiger partial charge >= 0.3 is 6.09 Å². The minimum Gasteiger partial charge on any atom is -0.444 e. The third kappa shape index (κ3) is 4.35. The Hall–Kier alpha value is -1.71. The Labute approximate surface area is 88.9 Å². The average molecular weight is 208 g/mol. The first-order valence-electron chi connectivity index (χ1n) is 4.64. The molecule has 81 valence electrons. The molecule has 1 rings (SSSR count). The van der Waals surface area contributed by atoms with Gasteiger partial charge in [0.1, 0.15) is 5.60 Å². The van der Waals surface area contributed by atoms with Gasteiger partial charge in [-0.25, -0.2) is 4.79 Å². The minimum absolute atomic E-state index is 0.0928. The van der Waals surface area contributed by atoms with Gasteiger partial charge in [-0.1, -0.05) is 0 Å². The van der Waals surface area contributed by atoms with Gasteiger partial charge in [0.05, 0.1) is 0 Å². The number of amides is 1. The largest absolute Gasteiger partial charge is 0.444 e. The fourth-order valence-corrected chi connectivity index (χ4v) is 0.960. The molecular weight excluding hydrogens is 194 g/mol. The Morgan fingerprint density at radius 3 is 2.20 bits per heavy atom. The van der Waals surface area contributed by atoms with Gasteiger partial charge in [-0.3, -0.25) is 10.4 Å². The van der Waals surface area contributed by atoms with Crippen molar-refractivity contribution in [2.45, 2.75) is 26.4 Å². The van der Waals surface area contributed by atoms with Crippen LogP contribution >= 0.6 is 0 Å². The molecule has 1 radical (unpaired) electrons. The molecule has 15 heavy (non-hydrogen) atoms. The van der Waals surface area contributed by atoms with Gasteiger partial charge in [0, 0.05) is 5.69 Å². The predicted octanol–water partition coefficient (Wildman–Crippen LogP) is 3.18. The Morgan fingerprint density at radius 2 is 1.73 bits per heavy atom. The zero-order valence-electron chi connectivity index (χ0n) is 9.03. The van der Waals surface area contributed by atoms with Crippen LogP contribution in [0.3, 0.4) is 0 Å².